The third-order valence-corrected chi connectivity index (χ3v) is 9.17. The minimum atomic E-state index is -2.92. The topological polar surface area (TPSA) is 87.2 Å². The number of pyridine rings is 2. The molecule has 2 aliphatic carbocycles. The van der Waals surface area contributed by atoms with Crippen molar-refractivity contribution in [3.63, 3.8) is 0 Å². The number of alkyl halides is 4. The van der Waals surface area contributed by atoms with Gasteiger partial charge >= 0.3 is 13.2 Å². The van der Waals surface area contributed by atoms with E-state index in [1.54, 1.807) is 48.5 Å². The molecule has 244 valence electrons. The Bertz CT molecular complexity index is 2070. The number of nitrogens with zero attached hydrogens (tertiary/aromatic N) is 4. The molecule has 8 nitrogen and oxygen atoms in total. The number of carbonyl (C=O) groups is 2. The van der Waals surface area contributed by atoms with E-state index >= 15 is 0 Å². The zero-order valence-electron chi connectivity index (χ0n) is 24.5. The van der Waals surface area contributed by atoms with Gasteiger partial charge in [0.2, 0.25) is 0 Å². The molecular weight excluding hydrogens is 764 g/mol. The quantitative estimate of drug-likeness (QED) is 0.157. The number of rotatable bonds is 6. The summed E-state index contributed by atoms with van der Waals surface area (Å²) in [6, 6.07) is 20.4. The fourth-order valence-electron chi connectivity index (χ4n) is 6.37. The molecule has 0 unspecified atom stereocenters. The molecule has 2 aromatic carbocycles. The molecule has 0 aliphatic heterocycles. The second-order valence-electron chi connectivity index (χ2n) is 11.0. The Kier molecular flexibility index (Phi) is 8.54. The first-order valence-electron chi connectivity index (χ1n) is 14.6. The Morgan fingerprint density at radius 1 is 0.625 bits per heavy atom. The van der Waals surface area contributed by atoms with Crippen molar-refractivity contribution in [1.82, 2.24) is 18.8 Å². The lowest BCUT2D eigenvalue weighted by Crippen LogP contribution is -2.08. The normalized spacial score (nSPS) is 16.8. The van der Waals surface area contributed by atoms with Crippen molar-refractivity contribution >= 4 is 54.7 Å². The molecule has 6 aromatic rings. The number of carbonyl (C=O) groups excluding carboxylic acids is 2. The van der Waals surface area contributed by atoms with Crippen molar-refractivity contribution in [3.05, 3.63) is 128 Å². The summed E-state index contributed by atoms with van der Waals surface area (Å²) in [6.45, 7) is -5.84. The van der Waals surface area contributed by atoms with Gasteiger partial charge in [0.25, 0.3) is 0 Å². The predicted molar refractivity (Wildman–Crippen MR) is 174 cm³/mol. The monoisotopic (exact) mass is 784 g/mol. The van der Waals surface area contributed by atoms with Gasteiger partial charge in [-0.25, -0.2) is 9.97 Å². The number of hydrogen-bond donors (Lipinski definition) is 0. The van der Waals surface area contributed by atoms with Gasteiger partial charge in [0, 0.05) is 57.1 Å². The molecule has 0 fully saturated rings. The Labute approximate surface area is 286 Å². The van der Waals surface area contributed by atoms with Gasteiger partial charge in [0.15, 0.2) is 11.6 Å². The summed E-state index contributed by atoms with van der Waals surface area (Å²) in [5, 5.41) is 0. The third-order valence-electron chi connectivity index (χ3n) is 8.23. The van der Waals surface area contributed by atoms with Crippen molar-refractivity contribution in [2.75, 3.05) is 0 Å². The maximum atomic E-state index is 12.7. The molecule has 14 heteroatoms. The zero-order chi connectivity index (χ0) is 33.7. The number of hydrogen-bond acceptors (Lipinski definition) is 6. The summed E-state index contributed by atoms with van der Waals surface area (Å²) in [7, 11) is 0. The van der Waals surface area contributed by atoms with Gasteiger partial charge in [-0.3, -0.25) is 9.59 Å². The zero-order valence-corrected chi connectivity index (χ0v) is 27.7. The fraction of sp³-hybridized carbons (Fsp3) is 0.176. The van der Waals surface area contributed by atoms with E-state index < -0.39 is 13.2 Å². The maximum absolute atomic E-state index is 12.7. The highest BCUT2D eigenvalue weighted by molar-refractivity contribution is 9.10. The van der Waals surface area contributed by atoms with E-state index in [1.165, 1.54) is 12.1 Å². The molecule has 4 aromatic heterocycles. The van der Waals surface area contributed by atoms with Crippen molar-refractivity contribution in [1.29, 1.82) is 0 Å². The van der Waals surface area contributed by atoms with E-state index in [2.05, 4.69) is 51.3 Å². The molecule has 48 heavy (non-hydrogen) atoms. The molecule has 4 heterocycles. The highest BCUT2D eigenvalue weighted by Gasteiger charge is 2.38. The first-order chi connectivity index (χ1) is 23.1. The molecule has 8 rings (SSSR count). The fourth-order valence-corrected chi connectivity index (χ4v) is 7.04. The minimum Gasteiger partial charge on any atom is -0.435 e. The third kappa shape index (κ3) is 5.87. The van der Waals surface area contributed by atoms with Crippen LogP contribution in [0.4, 0.5) is 17.6 Å². The van der Waals surface area contributed by atoms with Crippen LogP contribution in [0.1, 0.15) is 68.2 Å². The van der Waals surface area contributed by atoms with Crippen LogP contribution in [0.5, 0.6) is 11.5 Å². The van der Waals surface area contributed by atoms with E-state index in [1.807, 2.05) is 33.3 Å². The first kappa shape index (κ1) is 32.0. The average molecular weight is 786 g/mol. The maximum Gasteiger partial charge on any atom is 0.387 e. The standard InChI is InChI=1S/2C17H11BrF2N2O2/c2*18-9-5-6-14-21-15-12(23)7-11(16(15)22(14)8-9)10-3-1-2-4-13(10)24-17(19)20/h2*1-6,8,11,17H,7H2/t2*11-/m10/s1. The van der Waals surface area contributed by atoms with Gasteiger partial charge in [-0.15, -0.1) is 0 Å². The summed E-state index contributed by atoms with van der Waals surface area (Å²) in [6.07, 6.45) is 4.03. The summed E-state index contributed by atoms with van der Waals surface area (Å²) < 4.78 is 65.4. The molecule has 0 N–H and O–H groups in total. The average Bonchev–Trinajstić information content (AvgIpc) is 3.78. The number of benzene rings is 2. The van der Waals surface area contributed by atoms with Crippen LogP contribution in [0.25, 0.3) is 11.3 Å². The number of imidazole rings is 2. The first-order valence-corrected chi connectivity index (χ1v) is 16.2. The van der Waals surface area contributed by atoms with E-state index in [9.17, 15) is 27.2 Å². The van der Waals surface area contributed by atoms with E-state index in [0.29, 0.717) is 45.2 Å². The molecule has 2 atom stereocenters. The van der Waals surface area contributed by atoms with Crippen LogP contribution in [0, 0.1) is 0 Å². The molecule has 0 spiro atoms. The number of para-hydroxylation sites is 2. The minimum absolute atomic E-state index is 0.0862. The number of Topliss-reactive ketones (excluding diaryl/α,β-unsaturated/α-hetero) is 2. The van der Waals surface area contributed by atoms with Crippen LogP contribution in [0.15, 0.2) is 94.1 Å². The van der Waals surface area contributed by atoms with Gasteiger partial charge < -0.3 is 18.3 Å². The van der Waals surface area contributed by atoms with Gasteiger partial charge in [0.05, 0.1) is 11.4 Å². The van der Waals surface area contributed by atoms with Crippen molar-refractivity contribution < 1.29 is 36.6 Å². The lowest BCUT2D eigenvalue weighted by atomic mass is 9.95. The number of fused-ring (bicyclic) bond motifs is 6. The lowest BCUT2D eigenvalue weighted by Gasteiger charge is -2.16. The van der Waals surface area contributed by atoms with Crippen LogP contribution < -0.4 is 9.47 Å². The second kappa shape index (κ2) is 12.8. The highest BCUT2D eigenvalue weighted by atomic mass is 79.9. The number of aromatic nitrogens is 4. The number of ether oxygens (including phenoxy) is 2. The largest absolute Gasteiger partial charge is 0.435 e. The lowest BCUT2D eigenvalue weighted by molar-refractivity contribution is -0.0512. The Hall–Kier alpha value is -4.56. The number of ketones is 2. The molecule has 0 saturated carbocycles. The van der Waals surface area contributed by atoms with E-state index in [4.69, 9.17) is 0 Å². The van der Waals surface area contributed by atoms with Crippen molar-refractivity contribution in [2.45, 2.75) is 37.9 Å². The number of halogens is 6. The molecular formula is C34H22Br2F4N4O4. The SMILES string of the molecule is O=C1C[C@@H](c2ccccc2OC(F)F)c2c1nc1ccc(Br)cn21.O=C1C[C@H](c2ccccc2OC(F)F)c2c1nc1ccc(Br)cn21. The molecule has 0 saturated heterocycles. The van der Waals surface area contributed by atoms with Gasteiger partial charge in [0.1, 0.15) is 34.2 Å². The van der Waals surface area contributed by atoms with Gasteiger partial charge in [-0.05, 0) is 68.3 Å². The van der Waals surface area contributed by atoms with Crippen molar-refractivity contribution in [3.8, 4) is 11.5 Å². The van der Waals surface area contributed by atoms with Crippen LogP contribution >= 0.6 is 31.9 Å². The molecule has 0 amide bonds. The Morgan fingerprint density at radius 3 is 1.42 bits per heavy atom. The van der Waals surface area contributed by atoms with E-state index in [-0.39, 0.29) is 47.7 Å². The van der Waals surface area contributed by atoms with Crippen LogP contribution in [0.3, 0.4) is 0 Å². The van der Waals surface area contributed by atoms with Crippen LogP contribution in [-0.2, 0) is 0 Å². The van der Waals surface area contributed by atoms with Gasteiger partial charge in [-0.1, -0.05) is 36.4 Å². The summed E-state index contributed by atoms with van der Waals surface area (Å²) in [4.78, 5) is 33.5. The molecule has 0 bridgehead atoms. The van der Waals surface area contributed by atoms with E-state index in [0.717, 1.165) is 8.95 Å². The summed E-state index contributed by atoms with van der Waals surface area (Å²) >= 11 is 6.81. The van der Waals surface area contributed by atoms with Crippen LogP contribution in [-0.4, -0.2) is 43.6 Å². The smallest absolute Gasteiger partial charge is 0.387 e. The summed E-state index contributed by atoms with van der Waals surface area (Å²) in [5.41, 5.74) is 4.62. The Balaban J connectivity index is 0.000000152. The second-order valence-corrected chi connectivity index (χ2v) is 12.9. The molecule has 2 aliphatic rings. The summed E-state index contributed by atoms with van der Waals surface area (Å²) in [5.74, 6) is -0.756. The molecule has 0 radical (unpaired) electrons. The Morgan fingerprint density at radius 2 is 1.02 bits per heavy atom. The predicted octanol–water partition coefficient (Wildman–Crippen LogP) is 8.83. The van der Waals surface area contributed by atoms with Gasteiger partial charge in [-0.2, -0.15) is 17.6 Å². The van der Waals surface area contributed by atoms with Crippen LogP contribution in [0.2, 0.25) is 0 Å². The highest BCUT2D eigenvalue weighted by Crippen LogP contribution is 2.44. The van der Waals surface area contributed by atoms with Crippen molar-refractivity contribution in [2.24, 2.45) is 0 Å².